The fraction of sp³-hybridized carbons (Fsp3) is 0.292. The monoisotopic (exact) mass is 458 g/mol. The van der Waals surface area contributed by atoms with Gasteiger partial charge in [0.15, 0.2) is 23.4 Å². The Balaban J connectivity index is 1.18. The van der Waals surface area contributed by atoms with Crippen LogP contribution in [-0.4, -0.2) is 57.1 Å². The number of amides is 1. The van der Waals surface area contributed by atoms with Crippen LogP contribution in [0.4, 0.5) is 17.5 Å². The average molecular weight is 459 g/mol. The predicted molar refractivity (Wildman–Crippen MR) is 130 cm³/mol. The summed E-state index contributed by atoms with van der Waals surface area (Å²) in [5.41, 5.74) is 1.65. The van der Waals surface area contributed by atoms with Crippen molar-refractivity contribution in [3.8, 4) is 0 Å². The molecule has 0 aliphatic carbocycles. The molecule has 1 aliphatic rings. The molecular weight excluding hydrogens is 432 g/mol. The van der Waals surface area contributed by atoms with Crippen molar-refractivity contribution in [1.82, 2.24) is 25.0 Å². The summed E-state index contributed by atoms with van der Waals surface area (Å²) < 4.78 is 7.33. The Bertz CT molecular complexity index is 1280. The molecule has 34 heavy (non-hydrogen) atoms. The van der Waals surface area contributed by atoms with Crippen LogP contribution in [0.15, 0.2) is 60.8 Å². The van der Waals surface area contributed by atoms with Gasteiger partial charge >= 0.3 is 0 Å². The fourth-order valence-electron chi connectivity index (χ4n) is 4.19. The van der Waals surface area contributed by atoms with Gasteiger partial charge in [0.1, 0.15) is 5.82 Å². The van der Waals surface area contributed by atoms with Crippen molar-refractivity contribution in [3.05, 3.63) is 66.4 Å². The summed E-state index contributed by atoms with van der Waals surface area (Å²) in [5, 5.41) is 24.4. The second-order valence-electron chi connectivity index (χ2n) is 8.30. The maximum Gasteiger partial charge on any atom is 0.259 e. The maximum atomic E-state index is 12.6. The third kappa shape index (κ3) is 4.53. The van der Waals surface area contributed by atoms with Gasteiger partial charge in [-0.15, -0.1) is 20.4 Å². The minimum Gasteiger partial charge on any atom is -0.367 e. The number of methoxy groups -OCH3 is 1. The molecule has 1 saturated heterocycles. The van der Waals surface area contributed by atoms with Crippen molar-refractivity contribution in [3.63, 3.8) is 0 Å². The van der Waals surface area contributed by atoms with E-state index >= 15 is 0 Å². The zero-order chi connectivity index (χ0) is 23.5. The molecule has 3 aromatic heterocycles. The highest BCUT2D eigenvalue weighted by atomic mass is 16.5. The van der Waals surface area contributed by atoms with Gasteiger partial charge in [0.2, 0.25) is 0 Å². The number of nitrogens with zero attached hydrogens (tertiary/aromatic N) is 6. The van der Waals surface area contributed by atoms with E-state index in [2.05, 4.69) is 42.0 Å². The Labute approximate surface area is 197 Å². The summed E-state index contributed by atoms with van der Waals surface area (Å²) in [5.74, 6) is 1.60. The molecule has 1 amide bonds. The number of hydrogen-bond donors (Lipinski definition) is 2. The number of ether oxygens (including phenoxy) is 1. The van der Waals surface area contributed by atoms with Crippen LogP contribution in [-0.2, 0) is 16.6 Å². The lowest BCUT2D eigenvalue weighted by molar-refractivity contribution is -0.126. The lowest BCUT2D eigenvalue weighted by atomic mass is 10.1. The first-order valence-electron chi connectivity index (χ1n) is 11.1. The molecule has 1 aliphatic heterocycles. The number of benzene rings is 1. The van der Waals surface area contributed by atoms with E-state index in [0.717, 1.165) is 41.9 Å². The molecule has 0 saturated carbocycles. The normalized spacial score (nSPS) is 16.5. The molecule has 2 N–H and O–H groups in total. The van der Waals surface area contributed by atoms with E-state index in [4.69, 9.17) is 4.74 Å². The molecule has 0 spiro atoms. The molecule has 2 unspecified atom stereocenters. The molecule has 0 radical (unpaired) electrons. The van der Waals surface area contributed by atoms with Gasteiger partial charge in [0.05, 0.1) is 0 Å². The lowest BCUT2D eigenvalue weighted by Crippen LogP contribution is -2.27. The van der Waals surface area contributed by atoms with Crippen LogP contribution in [0.5, 0.6) is 0 Å². The number of anilines is 3. The van der Waals surface area contributed by atoms with Gasteiger partial charge in [-0.05, 0) is 36.2 Å². The Kier molecular flexibility index (Phi) is 6.05. The Morgan fingerprint density at radius 1 is 1.06 bits per heavy atom. The molecule has 2 atom stereocenters. The van der Waals surface area contributed by atoms with Crippen molar-refractivity contribution in [2.75, 3.05) is 35.7 Å². The SMILES string of the molecule is COC(C(=O)Nc1ccc(NC2CCN(c3cc4ccn(C)c4nn3)C2)nn1)c1ccccc1. The van der Waals surface area contributed by atoms with E-state index in [9.17, 15) is 4.79 Å². The van der Waals surface area contributed by atoms with Gasteiger partial charge in [-0.25, -0.2) is 0 Å². The fourth-order valence-corrected chi connectivity index (χ4v) is 4.19. The molecule has 10 nitrogen and oxygen atoms in total. The quantitative estimate of drug-likeness (QED) is 0.435. The zero-order valence-electron chi connectivity index (χ0n) is 19.0. The van der Waals surface area contributed by atoms with E-state index in [1.54, 1.807) is 6.07 Å². The number of nitrogens with one attached hydrogen (secondary N) is 2. The Hall–Kier alpha value is -4.05. The standard InChI is InChI=1S/C24H26N8O2/c1-31-12-10-17-14-21(29-30-23(17)31)32-13-11-18(15-32)25-19-8-9-20(28-27-19)26-24(33)22(34-2)16-6-4-3-5-7-16/h3-10,12,14,18,22H,11,13,15H2,1-2H3,(H,25,27)(H,26,28,33). The van der Waals surface area contributed by atoms with Crippen LogP contribution in [0.1, 0.15) is 18.1 Å². The van der Waals surface area contributed by atoms with Crippen molar-refractivity contribution in [2.45, 2.75) is 18.6 Å². The largest absolute Gasteiger partial charge is 0.367 e. The smallest absolute Gasteiger partial charge is 0.259 e. The van der Waals surface area contributed by atoms with E-state index < -0.39 is 6.10 Å². The van der Waals surface area contributed by atoms with Gasteiger partial charge in [-0.2, -0.15) is 0 Å². The number of carbonyl (C=O) groups is 1. The van der Waals surface area contributed by atoms with Crippen LogP contribution in [0.2, 0.25) is 0 Å². The number of aryl methyl sites for hydroxylation is 1. The van der Waals surface area contributed by atoms with Crippen LogP contribution >= 0.6 is 0 Å². The van der Waals surface area contributed by atoms with E-state index in [1.165, 1.54) is 7.11 Å². The van der Waals surface area contributed by atoms with E-state index in [0.29, 0.717) is 11.6 Å². The highest BCUT2D eigenvalue weighted by molar-refractivity contribution is 5.94. The van der Waals surface area contributed by atoms with E-state index in [-0.39, 0.29) is 11.9 Å². The van der Waals surface area contributed by atoms with E-state index in [1.807, 2.05) is 60.3 Å². The maximum absolute atomic E-state index is 12.6. The first-order chi connectivity index (χ1) is 16.6. The highest BCUT2D eigenvalue weighted by Gasteiger charge is 2.25. The van der Waals surface area contributed by atoms with Gasteiger partial charge in [0, 0.05) is 44.9 Å². The lowest BCUT2D eigenvalue weighted by Gasteiger charge is -2.18. The van der Waals surface area contributed by atoms with Crippen molar-refractivity contribution in [1.29, 1.82) is 0 Å². The van der Waals surface area contributed by atoms with Crippen LogP contribution < -0.4 is 15.5 Å². The third-order valence-electron chi connectivity index (χ3n) is 5.96. The van der Waals surface area contributed by atoms with Crippen molar-refractivity contribution >= 4 is 34.4 Å². The number of fused-ring (bicyclic) bond motifs is 1. The summed E-state index contributed by atoms with van der Waals surface area (Å²) in [6.45, 7) is 1.67. The minimum atomic E-state index is -0.719. The Morgan fingerprint density at radius 2 is 1.85 bits per heavy atom. The number of hydrogen-bond acceptors (Lipinski definition) is 8. The number of carbonyl (C=O) groups excluding carboxylic acids is 1. The van der Waals surface area contributed by atoms with Crippen molar-refractivity contribution in [2.24, 2.45) is 7.05 Å². The van der Waals surface area contributed by atoms with Gasteiger partial charge in [-0.3, -0.25) is 4.79 Å². The molecule has 5 rings (SSSR count). The zero-order valence-corrected chi connectivity index (χ0v) is 19.0. The summed E-state index contributed by atoms with van der Waals surface area (Å²) >= 11 is 0. The van der Waals surface area contributed by atoms with Gasteiger partial charge in [-0.1, -0.05) is 30.3 Å². The first kappa shape index (κ1) is 21.8. The Morgan fingerprint density at radius 3 is 2.62 bits per heavy atom. The summed E-state index contributed by atoms with van der Waals surface area (Å²) in [6, 6.07) is 17.2. The topological polar surface area (TPSA) is 110 Å². The number of aromatic nitrogens is 5. The molecule has 4 aromatic rings. The van der Waals surface area contributed by atoms with Crippen molar-refractivity contribution < 1.29 is 9.53 Å². The molecule has 1 aromatic carbocycles. The highest BCUT2D eigenvalue weighted by Crippen LogP contribution is 2.23. The predicted octanol–water partition coefficient (Wildman–Crippen LogP) is 2.78. The van der Waals surface area contributed by atoms with Crippen LogP contribution in [0, 0.1) is 0 Å². The summed E-state index contributed by atoms with van der Waals surface area (Å²) in [4.78, 5) is 14.8. The third-order valence-corrected chi connectivity index (χ3v) is 5.96. The average Bonchev–Trinajstić information content (AvgIpc) is 3.48. The first-order valence-corrected chi connectivity index (χ1v) is 11.1. The summed E-state index contributed by atoms with van der Waals surface area (Å²) in [6.07, 6.45) is 2.21. The minimum absolute atomic E-state index is 0.207. The van der Waals surface area contributed by atoms with Gasteiger partial charge in [0.25, 0.3) is 5.91 Å². The molecular formula is C24H26N8O2. The molecule has 1 fully saturated rings. The van der Waals surface area contributed by atoms with Gasteiger partial charge < -0.3 is 24.8 Å². The second kappa shape index (κ2) is 9.44. The molecule has 10 heteroatoms. The van der Waals surface area contributed by atoms with Crippen LogP contribution in [0.25, 0.3) is 11.0 Å². The summed E-state index contributed by atoms with van der Waals surface area (Å²) in [7, 11) is 3.47. The molecule has 174 valence electrons. The number of rotatable bonds is 7. The second-order valence-corrected chi connectivity index (χ2v) is 8.30. The molecule has 0 bridgehead atoms. The molecule has 4 heterocycles. The van der Waals surface area contributed by atoms with Crippen LogP contribution in [0.3, 0.4) is 0 Å².